The minimum absolute atomic E-state index is 0.133. The van der Waals surface area contributed by atoms with Crippen LogP contribution < -0.4 is 10.2 Å². The molecule has 19 heavy (non-hydrogen) atoms. The maximum absolute atomic E-state index is 12.1. The molecule has 1 N–H and O–H groups in total. The first-order valence-electron chi connectivity index (χ1n) is 6.16. The van der Waals surface area contributed by atoms with E-state index in [4.69, 9.17) is 4.74 Å². The van der Waals surface area contributed by atoms with Gasteiger partial charge in [0, 0.05) is 17.7 Å². The van der Waals surface area contributed by atoms with Crippen molar-refractivity contribution >= 4 is 0 Å². The number of nitrogens with one attached hydrogen (secondary N) is 1. The lowest BCUT2D eigenvalue weighted by Gasteiger charge is -2.22. The molecule has 2 aromatic heterocycles. The van der Waals surface area contributed by atoms with Crippen LogP contribution in [0.25, 0.3) is 11.4 Å². The van der Waals surface area contributed by atoms with Gasteiger partial charge in [-0.3, -0.25) is 9.78 Å². The molecule has 0 fully saturated rings. The van der Waals surface area contributed by atoms with E-state index in [0.717, 1.165) is 11.4 Å². The van der Waals surface area contributed by atoms with Gasteiger partial charge < -0.3 is 9.72 Å². The molecular formula is C15H18N2O2. The third-order valence-corrected chi connectivity index (χ3v) is 2.88. The Bertz CT molecular complexity index is 625. The largest absolute Gasteiger partial charge is 0.491 e. The Hall–Kier alpha value is -2.10. The SMILES string of the molecule is COc1c(C(C)(C)C)[nH]c(-c2ccccn2)cc1=O. The summed E-state index contributed by atoms with van der Waals surface area (Å²) >= 11 is 0. The van der Waals surface area contributed by atoms with Crippen molar-refractivity contribution in [2.75, 3.05) is 7.11 Å². The number of aromatic amines is 1. The van der Waals surface area contributed by atoms with Crippen LogP contribution in [0.4, 0.5) is 0 Å². The summed E-state index contributed by atoms with van der Waals surface area (Å²) in [5.74, 6) is 0.368. The van der Waals surface area contributed by atoms with E-state index in [-0.39, 0.29) is 10.8 Å². The van der Waals surface area contributed by atoms with Gasteiger partial charge in [0.15, 0.2) is 5.75 Å². The van der Waals surface area contributed by atoms with Gasteiger partial charge in [0.25, 0.3) is 0 Å². The van der Waals surface area contributed by atoms with Crippen molar-refractivity contribution in [2.24, 2.45) is 0 Å². The molecular weight excluding hydrogens is 240 g/mol. The highest BCUT2D eigenvalue weighted by Crippen LogP contribution is 2.28. The van der Waals surface area contributed by atoms with Crippen LogP contribution in [0.3, 0.4) is 0 Å². The number of ether oxygens (including phenoxy) is 1. The first-order chi connectivity index (χ1) is 8.93. The number of hydrogen-bond acceptors (Lipinski definition) is 3. The molecule has 2 aromatic rings. The Kier molecular flexibility index (Phi) is 3.42. The van der Waals surface area contributed by atoms with Gasteiger partial charge in [0.05, 0.1) is 24.2 Å². The molecule has 2 heterocycles. The average Bonchev–Trinajstić information content (AvgIpc) is 2.37. The summed E-state index contributed by atoms with van der Waals surface area (Å²) in [7, 11) is 1.51. The minimum Gasteiger partial charge on any atom is -0.491 e. The maximum Gasteiger partial charge on any atom is 0.224 e. The summed E-state index contributed by atoms with van der Waals surface area (Å²) < 4.78 is 5.23. The molecule has 0 saturated carbocycles. The van der Waals surface area contributed by atoms with E-state index in [1.807, 2.05) is 39.0 Å². The summed E-state index contributed by atoms with van der Waals surface area (Å²) in [5.41, 5.74) is 1.88. The highest BCUT2D eigenvalue weighted by Gasteiger charge is 2.23. The van der Waals surface area contributed by atoms with Crippen molar-refractivity contribution in [3.8, 4) is 17.1 Å². The molecule has 0 aliphatic heterocycles. The first-order valence-corrected chi connectivity index (χ1v) is 6.16. The van der Waals surface area contributed by atoms with E-state index in [1.54, 1.807) is 6.20 Å². The molecule has 100 valence electrons. The highest BCUT2D eigenvalue weighted by molar-refractivity contribution is 5.56. The van der Waals surface area contributed by atoms with Crippen LogP contribution in [-0.2, 0) is 5.41 Å². The predicted molar refractivity (Wildman–Crippen MR) is 75.5 cm³/mol. The van der Waals surface area contributed by atoms with Crippen molar-refractivity contribution in [1.29, 1.82) is 0 Å². The molecule has 0 amide bonds. The van der Waals surface area contributed by atoms with Crippen LogP contribution in [0.1, 0.15) is 26.5 Å². The highest BCUT2D eigenvalue weighted by atomic mass is 16.5. The lowest BCUT2D eigenvalue weighted by Crippen LogP contribution is -2.21. The molecule has 0 atom stereocenters. The average molecular weight is 258 g/mol. The van der Waals surface area contributed by atoms with Crippen LogP contribution in [-0.4, -0.2) is 17.1 Å². The van der Waals surface area contributed by atoms with E-state index in [1.165, 1.54) is 13.2 Å². The molecule has 4 nitrogen and oxygen atoms in total. The second-order valence-electron chi connectivity index (χ2n) is 5.42. The molecule has 0 aliphatic rings. The quantitative estimate of drug-likeness (QED) is 0.901. The van der Waals surface area contributed by atoms with E-state index in [0.29, 0.717) is 11.4 Å². The van der Waals surface area contributed by atoms with Crippen LogP contribution in [0, 0.1) is 0 Å². The summed E-state index contributed by atoms with van der Waals surface area (Å²) in [6.45, 7) is 6.09. The van der Waals surface area contributed by atoms with E-state index < -0.39 is 0 Å². The predicted octanol–water partition coefficient (Wildman–Crippen LogP) is 2.74. The number of nitrogens with zero attached hydrogens (tertiary/aromatic N) is 1. The molecule has 4 heteroatoms. The number of pyridine rings is 2. The number of hydrogen-bond donors (Lipinski definition) is 1. The number of aromatic nitrogens is 2. The lowest BCUT2D eigenvalue weighted by atomic mass is 9.90. The van der Waals surface area contributed by atoms with Gasteiger partial charge in [-0.05, 0) is 12.1 Å². The van der Waals surface area contributed by atoms with Gasteiger partial charge >= 0.3 is 0 Å². The Morgan fingerprint density at radius 2 is 2.00 bits per heavy atom. The summed E-state index contributed by atoms with van der Waals surface area (Å²) in [6, 6.07) is 7.12. The standard InChI is InChI=1S/C15H18N2O2/c1-15(2,3)14-13(19-4)12(18)9-11(17-14)10-7-5-6-8-16-10/h5-9H,1-4H3,(H,17,18). The molecule has 0 spiro atoms. The molecule has 2 rings (SSSR count). The number of H-pyrrole nitrogens is 1. The zero-order valence-corrected chi connectivity index (χ0v) is 11.7. The van der Waals surface area contributed by atoms with Crippen molar-refractivity contribution in [2.45, 2.75) is 26.2 Å². The van der Waals surface area contributed by atoms with Crippen LogP contribution >= 0.6 is 0 Å². The van der Waals surface area contributed by atoms with E-state index in [2.05, 4.69) is 9.97 Å². The topological polar surface area (TPSA) is 55.0 Å². The van der Waals surface area contributed by atoms with Gasteiger partial charge in [0.2, 0.25) is 5.43 Å². The fraction of sp³-hybridized carbons (Fsp3) is 0.333. The fourth-order valence-corrected chi connectivity index (χ4v) is 1.94. The molecule has 0 bridgehead atoms. The monoisotopic (exact) mass is 258 g/mol. The molecule has 0 unspecified atom stereocenters. The Morgan fingerprint density at radius 1 is 1.26 bits per heavy atom. The van der Waals surface area contributed by atoms with E-state index >= 15 is 0 Å². The summed E-state index contributed by atoms with van der Waals surface area (Å²) in [4.78, 5) is 19.7. The van der Waals surface area contributed by atoms with Crippen molar-refractivity contribution in [3.05, 3.63) is 46.4 Å². The van der Waals surface area contributed by atoms with Crippen molar-refractivity contribution < 1.29 is 4.74 Å². The van der Waals surface area contributed by atoms with Gasteiger partial charge in [-0.1, -0.05) is 26.8 Å². The second kappa shape index (κ2) is 4.88. The molecule has 0 aliphatic carbocycles. The van der Waals surface area contributed by atoms with Crippen LogP contribution in [0.2, 0.25) is 0 Å². The van der Waals surface area contributed by atoms with Gasteiger partial charge in [-0.15, -0.1) is 0 Å². The smallest absolute Gasteiger partial charge is 0.224 e. The second-order valence-corrected chi connectivity index (χ2v) is 5.42. The zero-order chi connectivity index (χ0) is 14.0. The zero-order valence-electron chi connectivity index (χ0n) is 11.7. The summed E-state index contributed by atoms with van der Waals surface area (Å²) in [6.07, 6.45) is 1.70. The van der Waals surface area contributed by atoms with E-state index in [9.17, 15) is 4.79 Å². The van der Waals surface area contributed by atoms with Gasteiger partial charge in [-0.25, -0.2) is 0 Å². The molecule has 0 saturated heterocycles. The Balaban J connectivity index is 2.68. The van der Waals surface area contributed by atoms with Crippen molar-refractivity contribution in [1.82, 2.24) is 9.97 Å². The first kappa shape index (κ1) is 13.3. The third-order valence-electron chi connectivity index (χ3n) is 2.88. The Labute approximate surface area is 112 Å². The number of rotatable bonds is 2. The van der Waals surface area contributed by atoms with Gasteiger partial charge in [0.1, 0.15) is 0 Å². The maximum atomic E-state index is 12.1. The molecule has 0 radical (unpaired) electrons. The fourth-order valence-electron chi connectivity index (χ4n) is 1.94. The van der Waals surface area contributed by atoms with Gasteiger partial charge in [-0.2, -0.15) is 0 Å². The molecule has 0 aromatic carbocycles. The van der Waals surface area contributed by atoms with Crippen LogP contribution in [0.15, 0.2) is 35.3 Å². The van der Waals surface area contributed by atoms with Crippen LogP contribution in [0.5, 0.6) is 5.75 Å². The summed E-state index contributed by atoms with van der Waals surface area (Å²) in [5, 5.41) is 0. The lowest BCUT2D eigenvalue weighted by molar-refractivity contribution is 0.388. The number of methoxy groups -OCH3 is 1. The third kappa shape index (κ3) is 2.67. The normalized spacial score (nSPS) is 11.4. The Morgan fingerprint density at radius 3 is 2.53 bits per heavy atom. The van der Waals surface area contributed by atoms with Crippen molar-refractivity contribution in [3.63, 3.8) is 0 Å². The minimum atomic E-state index is -0.213.